The minimum atomic E-state index is -3.60. The van der Waals surface area contributed by atoms with Crippen molar-refractivity contribution in [2.45, 2.75) is 18.4 Å². The Morgan fingerprint density at radius 1 is 1.14 bits per heavy atom. The highest BCUT2D eigenvalue weighted by molar-refractivity contribution is 9.10. The molecule has 0 aliphatic rings. The summed E-state index contributed by atoms with van der Waals surface area (Å²) in [6.45, 7) is 2.41. The minimum absolute atomic E-state index is 0.301. The summed E-state index contributed by atoms with van der Waals surface area (Å²) in [6.07, 6.45) is 0. The zero-order valence-electron chi connectivity index (χ0n) is 11.9. The van der Waals surface area contributed by atoms with E-state index in [-0.39, 0.29) is 0 Å². The molecule has 0 aliphatic heterocycles. The van der Waals surface area contributed by atoms with Crippen LogP contribution in [-0.2, 0) is 16.6 Å². The van der Waals surface area contributed by atoms with Gasteiger partial charge in [0.2, 0.25) is 0 Å². The fraction of sp³-hybridized carbons (Fsp3) is 0.200. The molecule has 6 heteroatoms. The second kappa shape index (κ2) is 6.60. The van der Waals surface area contributed by atoms with Gasteiger partial charge >= 0.3 is 0 Å². The molecule has 0 amide bonds. The maximum atomic E-state index is 12.5. The molecule has 0 saturated heterocycles. The average Bonchev–Trinajstić information content (AvgIpc) is 2.40. The lowest BCUT2D eigenvalue weighted by Crippen LogP contribution is -2.15. The number of nitrogens with one attached hydrogen (secondary N) is 2. The van der Waals surface area contributed by atoms with Crippen LogP contribution in [0.15, 0.2) is 51.8 Å². The highest BCUT2D eigenvalue weighted by Crippen LogP contribution is 2.22. The molecule has 2 aromatic rings. The minimum Gasteiger partial charge on any atom is -0.316 e. The predicted octanol–water partition coefficient (Wildman–Crippen LogP) is 3.28. The number of aryl methyl sites for hydroxylation is 1. The molecule has 2 rings (SSSR count). The molecule has 0 bridgehead atoms. The number of hydrogen-bond donors (Lipinski definition) is 2. The third-order valence-electron chi connectivity index (χ3n) is 3.00. The van der Waals surface area contributed by atoms with E-state index in [1.54, 1.807) is 31.2 Å². The molecule has 0 radical (unpaired) electrons. The van der Waals surface area contributed by atoms with Crippen molar-refractivity contribution in [3.05, 3.63) is 58.1 Å². The molecule has 2 aromatic carbocycles. The van der Waals surface area contributed by atoms with E-state index in [2.05, 4.69) is 26.0 Å². The van der Waals surface area contributed by atoms with Gasteiger partial charge in [-0.15, -0.1) is 0 Å². The number of sulfonamides is 1. The normalized spacial score (nSPS) is 11.4. The van der Waals surface area contributed by atoms with Crippen LogP contribution in [0.4, 0.5) is 5.69 Å². The van der Waals surface area contributed by atoms with Gasteiger partial charge in [-0.3, -0.25) is 4.72 Å². The quantitative estimate of drug-likeness (QED) is 0.851. The Morgan fingerprint density at radius 2 is 1.90 bits per heavy atom. The van der Waals surface area contributed by atoms with E-state index >= 15 is 0 Å². The van der Waals surface area contributed by atoms with E-state index in [4.69, 9.17) is 0 Å². The first-order valence-corrected chi connectivity index (χ1v) is 8.72. The van der Waals surface area contributed by atoms with E-state index in [1.165, 1.54) is 0 Å². The van der Waals surface area contributed by atoms with Crippen LogP contribution in [0.5, 0.6) is 0 Å². The predicted molar refractivity (Wildman–Crippen MR) is 88.9 cm³/mol. The topological polar surface area (TPSA) is 58.2 Å². The van der Waals surface area contributed by atoms with E-state index < -0.39 is 10.0 Å². The van der Waals surface area contributed by atoms with Crippen LogP contribution in [-0.4, -0.2) is 15.5 Å². The van der Waals surface area contributed by atoms with Crippen LogP contribution in [0.2, 0.25) is 0 Å². The molecule has 2 N–H and O–H groups in total. The van der Waals surface area contributed by atoms with Crippen molar-refractivity contribution in [3.8, 4) is 0 Å². The summed E-state index contributed by atoms with van der Waals surface area (Å²) in [6, 6.07) is 12.5. The van der Waals surface area contributed by atoms with Gasteiger partial charge in [-0.2, -0.15) is 0 Å². The summed E-state index contributed by atoms with van der Waals surface area (Å²) in [5, 5.41) is 3.02. The summed E-state index contributed by atoms with van der Waals surface area (Å²) < 4.78 is 28.5. The first kappa shape index (κ1) is 16.0. The van der Waals surface area contributed by atoms with Crippen LogP contribution in [0.25, 0.3) is 0 Å². The smallest absolute Gasteiger partial charge is 0.262 e. The molecule has 112 valence electrons. The third kappa shape index (κ3) is 4.06. The van der Waals surface area contributed by atoms with Crippen molar-refractivity contribution in [1.29, 1.82) is 0 Å². The Kier molecular flexibility index (Phi) is 5.03. The van der Waals surface area contributed by atoms with Crippen molar-refractivity contribution in [3.63, 3.8) is 0 Å². The summed E-state index contributed by atoms with van der Waals surface area (Å²) in [4.78, 5) is 0.301. The molecule has 0 spiro atoms. The summed E-state index contributed by atoms with van der Waals surface area (Å²) >= 11 is 3.33. The van der Waals surface area contributed by atoms with Crippen LogP contribution >= 0.6 is 15.9 Å². The Balaban J connectivity index is 2.37. The van der Waals surface area contributed by atoms with Crippen LogP contribution in [0, 0.1) is 6.92 Å². The molecule has 0 aliphatic carbocycles. The van der Waals surface area contributed by atoms with Gasteiger partial charge in [-0.25, -0.2) is 8.42 Å². The Bertz CT molecular complexity index is 745. The van der Waals surface area contributed by atoms with Gasteiger partial charge in [-0.1, -0.05) is 34.1 Å². The monoisotopic (exact) mass is 368 g/mol. The van der Waals surface area contributed by atoms with Crippen molar-refractivity contribution >= 4 is 31.6 Å². The average molecular weight is 369 g/mol. The first-order chi connectivity index (χ1) is 9.92. The second-order valence-corrected chi connectivity index (χ2v) is 7.31. The molecule has 0 aromatic heterocycles. The van der Waals surface area contributed by atoms with Gasteiger partial charge in [0.05, 0.1) is 4.90 Å². The van der Waals surface area contributed by atoms with E-state index in [1.807, 2.05) is 25.2 Å². The van der Waals surface area contributed by atoms with Crippen molar-refractivity contribution in [1.82, 2.24) is 5.32 Å². The van der Waals surface area contributed by atoms with Crippen molar-refractivity contribution < 1.29 is 8.42 Å². The lowest BCUT2D eigenvalue weighted by Gasteiger charge is -2.12. The van der Waals surface area contributed by atoms with Gasteiger partial charge in [0.1, 0.15) is 0 Å². The molecule has 0 unspecified atom stereocenters. The van der Waals surface area contributed by atoms with Gasteiger partial charge in [0.25, 0.3) is 10.0 Å². The van der Waals surface area contributed by atoms with Crippen LogP contribution in [0.1, 0.15) is 11.1 Å². The Hall–Kier alpha value is -1.37. The Labute approximate surface area is 133 Å². The van der Waals surface area contributed by atoms with Gasteiger partial charge in [-0.05, 0) is 49.4 Å². The molecule has 21 heavy (non-hydrogen) atoms. The fourth-order valence-corrected chi connectivity index (χ4v) is 3.76. The molecule has 0 saturated carbocycles. The molecule has 0 heterocycles. The van der Waals surface area contributed by atoms with Gasteiger partial charge < -0.3 is 5.32 Å². The molecule has 0 fully saturated rings. The van der Waals surface area contributed by atoms with E-state index in [9.17, 15) is 8.42 Å². The second-order valence-electron chi connectivity index (χ2n) is 4.75. The summed E-state index contributed by atoms with van der Waals surface area (Å²) in [7, 11) is -1.77. The highest BCUT2D eigenvalue weighted by Gasteiger charge is 2.17. The first-order valence-electron chi connectivity index (χ1n) is 6.45. The molecule has 0 atom stereocenters. The number of hydrogen-bond acceptors (Lipinski definition) is 3. The van der Waals surface area contributed by atoms with E-state index in [0.29, 0.717) is 17.1 Å². The summed E-state index contributed by atoms with van der Waals surface area (Å²) in [5.41, 5.74) is 2.18. The van der Waals surface area contributed by atoms with Crippen LogP contribution in [0.3, 0.4) is 0 Å². The number of halogens is 1. The van der Waals surface area contributed by atoms with Crippen molar-refractivity contribution in [2.75, 3.05) is 11.8 Å². The maximum Gasteiger partial charge on any atom is 0.262 e. The largest absolute Gasteiger partial charge is 0.316 e. The van der Waals surface area contributed by atoms with Gasteiger partial charge in [0, 0.05) is 16.7 Å². The molecule has 4 nitrogen and oxygen atoms in total. The van der Waals surface area contributed by atoms with Crippen molar-refractivity contribution in [2.24, 2.45) is 0 Å². The van der Waals surface area contributed by atoms with Gasteiger partial charge in [0.15, 0.2) is 0 Å². The summed E-state index contributed by atoms with van der Waals surface area (Å²) in [5.74, 6) is 0. The lowest BCUT2D eigenvalue weighted by molar-refractivity contribution is 0.600. The lowest BCUT2D eigenvalue weighted by atomic mass is 10.1. The number of rotatable bonds is 5. The maximum absolute atomic E-state index is 12.5. The number of anilines is 1. The zero-order chi connectivity index (χ0) is 15.5. The SMILES string of the molecule is CNCc1ccc(C)c(S(=O)(=O)Nc2cccc(Br)c2)c1. The molecular weight excluding hydrogens is 352 g/mol. The zero-order valence-corrected chi connectivity index (χ0v) is 14.3. The standard InChI is InChI=1S/C15H17BrN2O2S/c1-11-6-7-12(10-17-2)8-15(11)21(19,20)18-14-5-3-4-13(16)9-14/h3-9,17-18H,10H2,1-2H3. The van der Waals surface area contributed by atoms with E-state index in [0.717, 1.165) is 15.6 Å². The molecular formula is C15H17BrN2O2S. The third-order valence-corrected chi connectivity index (χ3v) is 5.02. The number of benzene rings is 2. The van der Waals surface area contributed by atoms with Crippen LogP contribution < -0.4 is 10.0 Å². The highest BCUT2D eigenvalue weighted by atomic mass is 79.9. The fourth-order valence-electron chi connectivity index (χ4n) is 2.01. The Morgan fingerprint density at radius 3 is 2.57 bits per heavy atom.